The Labute approximate surface area is 100 Å². The molecule has 0 aliphatic heterocycles. The average Bonchev–Trinajstić information content (AvgIpc) is 2.30. The first-order valence-electron chi connectivity index (χ1n) is 5.15. The van der Waals surface area contributed by atoms with Gasteiger partial charge < -0.3 is 5.32 Å². The first-order valence-corrected chi connectivity index (χ1v) is 5.53. The summed E-state index contributed by atoms with van der Waals surface area (Å²) < 4.78 is 0. The fourth-order valence-electron chi connectivity index (χ4n) is 1.40. The Morgan fingerprint density at radius 3 is 2.69 bits per heavy atom. The molecule has 0 fully saturated rings. The molecule has 0 radical (unpaired) electrons. The van der Waals surface area contributed by atoms with Crippen molar-refractivity contribution in [3.63, 3.8) is 0 Å². The van der Waals surface area contributed by atoms with Crippen LogP contribution in [0.1, 0.15) is 11.3 Å². The normalized spacial score (nSPS) is 10.1. The van der Waals surface area contributed by atoms with Gasteiger partial charge in [-0.3, -0.25) is 4.98 Å². The second-order valence-electron chi connectivity index (χ2n) is 3.64. The van der Waals surface area contributed by atoms with E-state index in [4.69, 9.17) is 11.6 Å². The number of hydrogen-bond donors (Lipinski definition) is 1. The van der Waals surface area contributed by atoms with Gasteiger partial charge in [-0.25, -0.2) is 0 Å². The summed E-state index contributed by atoms with van der Waals surface area (Å²) in [5.74, 6) is 0. The van der Waals surface area contributed by atoms with E-state index in [2.05, 4.69) is 16.4 Å². The predicted molar refractivity (Wildman–Crippen MR) is 67.8 cm³/mol. The molecule has 2 aromatic rings. The van der Waals surface area contributed by atoms with Crippen LogP contribution in [0.25, 0.3) is 0 Å². The van der Waals surface area contributed by atoms with Crippen molar-refractivity contribution < 1.29 is 0 Å². The van der Waals surface area contributed by atoms with Gasteiger partial charge in [0.05, 0.1) is 10.7 Å². The quantitative estimate of drug-likeness (QED) is 0.874. The Morgan fingerprint density at radius 1 is 1.19 bits per heavy atom. The number of aromatic nitrogens is 1. The van der Waals surface area contributed by atoms with Crippen molar-refractivity contribution >= 4 is 17.3 Å². The number of nitrogens with one attached hydrogen (secondary N) is 1. The summed E-state index contributed by atoms with van der Waals surface area (Å²) in [6.45, 7) is 2.71. The van der Waals surface area contributed by atoms with E-state index in [0.29, 0.717) is 0 Å². The average molecular weight is 233 g/mol. The molecule has 0 unspecified atom stereocenters. The molecule has 0 spiro atoms. The smallest absolute Gasteiger partial charge is 0.0637 e. The van der Waals surface area contributed by atoms with Crippen LogP contribution >= 0.6 is 11.6 Å². The van der Waals surface area contributed by atoms with E-state index < -0.39 is 0 Å². The van der Waals surface area contributed by atoms with Crippen LogP contribution in [0.2, 0.25) is 5.02 Å². The number of benzene rings is 1. The Kier molecular flexibility index (Phi) is 3.42. The van der Waals surface area contributed by atoms with Crippen LogP contribution in [0, 0.1) is 6.92 Å². The van der Waals surface area contributed by atoms with E-state index in [9.17, 15) is 0 Å². The summed E-state index contributed by atoms with van der Waals surface area (Å²) in [4.78, 5) is 4.24. The highest BCUT2D eigenvalue weighted by Gasteiger charge is 1.98. The van der Waals surface area contributed by atoms with Crippen molar-refractivity contribution in [2.75, 3.05) is 5.32 Å². The lowest BCUT2D eigenvalue weighted by atomic mass is 10.2. The molecule has 82 valence electrons. The Bertz CT molecular complexity index is 466. The zero-order chi connectivity index (χ0) is 11.4. The topological polar surface area (TPSA) is 24.9 Å². The number of halogens is 1. The van der Waals surface area contributed by atoms with Crippen LogP contribution in [0.3, 0.4) is 0 Å². The van der Waals surface area contributed by atoms with E-state index in [1.807, 2.05) is 43.5 Å². The van der Waals surface area contributed by atoms with Crippen molar-refractivity contribution in [1.29, 1.82) is 0 Å². The third-order valence-corrected chi connectivity index (χ3v) is 2.66. The third-order valence-electron chi connectivity index (χ3n) is 2.33. The molecule has 0 atom stereocenters. The number of anilines is 1. The van der Waals surface area contributed by atoms with Gasteiger partial charge in [0.1, 0.15) is 0 Å². The maximum Gasteiger partial charge on any atom is 0.0637 e. The molecule has 0 bridgehead atoms. The van der Waals surface area contributed by atoms with Crippen LogP contribution in [-0.4, -0.2) is 4.98 Å². The van der Waals surface area contributed by atoms with E-state index in [1.54, 1.807) is 0 Å². The monoisotopic (exact) mass is 232 g/mol. The van der Waals surface area contributed by atoms with Gasteiger partial charge in [-0.2, -0.15) is 0 Å². The summed E-state index contributed by atoms with van der Waals surface area (Å²) >= 11 is 6.04. The first kappa shape index (κ1) is 11.0. The van der Waals surface area contributed by atoms with Crippen molar-refractivity contribution in [2.24, 2.45) is 0 Å². The molecular formula is C13H13ClN2. The minimum atomic E-state index is 0.733. The predicted octanol–water partition coefficient (Wildman–Crippen LogP) is 3.66. The molecule has 2 nitrogen and oxygen atoms in total. The van der Waals surface area contributed by atoms with Crippen molar-refractivity contribution in [2.45, 2.75) is 13.5 Å². The van der Waals surface area contributed by atoms with Crippen LogP contribution in [0.15, 0.2) is 42.6 Å². The van der Waals surface area contributed by atoms with Crippen LogP contribution in [0.4, 0.5) is 5.69 Å². The maximum atomic E-state index is 6.04. The third kappa shape index (κ3) is 2.74. The second-order valence-corrected chi connectivity index (χ2v) is 4.05. The Hall–Kier alpha value is -1.54. The van der Waals surface area contributed by atoms with Crippen molar-refractivity contribution in [3.8, 4) is 0 Å². The summed E-state index contributed by atoms with van der Waals surface area (Å²) in [6, 6.07) is 11.8. The van der Waals surface area contributed by atoms with E-state index >= 15 is 0 Å². The molecule has 2 rings (SSSR count). The number of rotatable bonds is 3. The fourth-order valence-corrected chi connectivity index (χ4v) is 1.61. The Morgan fingerprint density at radius 2 is 2.00 bits per heavy atom. The fraction of sp³-hybridized carbons (Fsp3) is 0.154. The number of pyridine rings is 1. The van der Waals surface area contributed by atoms with E-state index in [1.165, 1.54) is 0 Å². The molecule has 0 aliphatic rings. The minimum Gasteiger partial charge on any atom is -0.380 e. The van der Waals surface area contributed by atoms with Crippen LogP contribution in [0.5, 0.6) is 0 Å². The molecule has 1 aromatic carbocycles. The van der Waals surface area contributed by atoms with Crippen molar-refractivity contribution in [1.82, 2.24) is 4.98 Å². The van der Waals surface area contributed by atoms with Gasteiger partial charge in [0, 0.05) is 18.4 Å². The molecule has 16 heavy (non-hydrogen) atoms. The first-order chi connectivity index (χ1) is 7.75. The van der Waals surface area contributed by atoms with Gasteiger partial charge in [-0.1, -0.05) is 29.8 Å². The number of nitrogens with zero attached hydrogens (tertiary/aromatic N) is 1. The largest absolute Gasteiger partial charge is 0.380 e. The minimum absolute atomic E-state index is 0.733. The Balaban J connectivity index is 2.02. The van der Waals surface area contributed by atoms with Crippen LogP contribution < -0.4 is 5.32 Å². The van der Waals surface area contributed by atoms with Crippen LogP contribution in [-0.2, 0) is 6.54 Å². The van der Waals surface area contributed by atoms with Gasteiger partial charge in [-0.15, -0.1) is 0 Å². The summed E-state index contributed by atoms with van der Waals surface area (Å²) in [5, 5.41) is 4.02. The summed E-state index contributed by atoms with van der Waals surface area (Å²) in [6.07, 6.45) is 1.87. The molecule has 1 heterocycles. The summed E-state index contributed by atoms with van der Waals surface area (Å²) in [7, 11) is 0. The molecule has 0 saturated heterocycles. The SMILES string of the molecule is Cc1ccc(CNc2ccccc2Cl)cn1. The summed E-state index contributed by atoms with van der Waals surface area (Å²) in [5.41, 5.74) is 3.12. The standard InChI is InChI=1S/C13H13ClN2/c1-10-6-7-11(8-15-10)9-16-13-5-3-2-4-12(13)14/h2-8,16H,9H2,1H3. The van der Waals surface area contributed by atoms with Crippen molar-refractivity contribution in [3.05, 3.63) is 58.9 Å². The number of para-hydroxylation sites is 1. The maximum absolute atomic E-state index is 6.04. The van der Waals surface area contributed by atoms with Gasteiger partial charge >= 0.3 is 0 Å². The second kappa shape index (κ2) is 4.99. The zero-order valence-corrected chi connectivity index (χ0v) is 9.83. The van der Waals surface area contributed by atoms with Gasteiger partial charge in [0.15, 0.2) is 0 Å². The molecule has 0 saturated carbocycles. The molecule has 3 heteroatoms. The highest BCUT2D eigenvalue weighted by Crippen LogP contribution is 2.20. The van der Waals surface area contributed by atoms with E-state index in [-0.39, 0.29) is 0 Å². The molecule has 0 amide bonds. The molecule has 1 N–H and O–H groups in total. The number of hydrogen-bond acceptors (Lipinski definition) is 2. The highest BCUT2D eigenvalue weighted by molar-refractivity contribution is 6.33. The lowest BCUT2D eigenvalue weighted by Crippen LogP contribution is -2.00. The molecule has 0 aliphatic carbocycles. The van der Waals surface area contributed by atoms with Gasteiger partial charge in [-0.05, 0) is 30.7 Å². The van der Waals surface area contributed by atoms with E-state index in [0.717, 1.165) is 28.5 Å². The molecule has 1 aromatic heterocycles. The lowest BCUT2D eigenvalue weighted by molar-refractivity contribution is 1.09. The van der Waals surface area contributed by atoms with Gasteiger partial charge in [0.25, 0.3) is 0 Å². The zero-order valence-electron chi connectivity index (χ0n) is 9.07. The lowest BCUT2D eigenvalue weighted by Gasteiger charge is -2.07. The van der Waals surface area contributed by atoms with Gasteiger partial charge in [0.2, 0.25) is 0 Å². The molecular weight excluding hydrogens is 220 g/mol. The highest BCUT2D eigenvalue weighted by atomic mass is 35.5. The number of aryl methyl sites for hydroxylation is 1.